The third-order valence-corrected chi connectivity index (χ3v) is 3.85. The van der Waals surface area contributed by atoms with Crippen LogP contribution in [-0.2, 0) is 16.4 Å². The standard InChI is InChI=1S/C8H13N3O4S/c1-2-16(14,15)4-3-11-7(9)6(5-10-11)8(12)13/h5H,2-4,9H2,1H3,(H,12,13). The highest BCUT2D eigenvalue weighted by molar-refractivity contribution is 7.91. The van der Waals surface area contributed by atoms with E-state index in [9.17, 15) is 13.2 Å². The number of hydrogen-bond acceptors (Lipinski definition) is 5. The van der Waals surface area contributed by atoms with Crippen LogP contribution >= 0.6 is 0 Å². The first-order valence-electron chi connectivity index (χ1n) is 4.62. The Kier molecular flexibility index (Phi) is 3.53. The van der Waals surface area contributed by atoms with Crippen LogP contribution in [0.5, 0.6) is 0 Å². The highest BCUT2D eigenvalue weighted by Crippen LogP contribution is 2.10. The lowest BCUT2D eigenvalue weighted by Gasteiger charge is -2.04. The maximum atomic E-state index is 11.2. The van der Waals surface area contributed by atoms with Crippen LogP contribution in [0.2, 0.25) is 0 Å². The minimum atomic E-state index is -3.11. The Bertz CT molecular complexity index is 491. The summed E-state index contributed by atoms with van der Waals surface area (Å²) in [6, 6.07) is 0. The second-order valence-electron chi connectivity index (χ2n) is 3.21. The molecule has 16 heavy (non-hydrogen) atoms. The molecule has 3 N–H and O–H groups in total. The molecule has 0 aliphatic carbocycles. The fraction of sp³-hybridized carbons (Fsp3) is 0.500. The zero-order valence-electron chi connectivity index (χ0n) is 8.75. The van der Waals surface area contributed by atoms with Crippen molar-refractivity contribution in [3.63, 3.8) is 0 Å². The zero-order chi connectivity index (χ0) is 12.3. The topological polar surface area (TPSA) is 115 Å². The molecule has 1 heterocycles. The van der Waals surface area contributed by atoms with Crippen molar-refractivity contribution in [2.75, 3.05) is 17.2 Å². The van der Waals surface area contributed by atoms with Gasteiger partial charge in [-0.15, -0.1) is 0 Å². The fourth-order valence-electron chi connectivity index (χ4n) is 1.11. The van der Waals surface area contributed by atoms with Crippen molar-refractivity contribution >= 4 is 21.6 Å². The van der Waals surface area contributed by atoms with Crippen LogP contribution in [0.4, 0.5) is 5.82 Å². The summed E-state index contributed by atoms with van der Waals surface area (Å²) in [6.45, 7) is 1.61. The number of aromatic carboxylic acids is 1. The van der Waals surface area contributed by atoms with Crippen molar-refractivity contribution < 1.29 is 18.3 Å². The number of nitrogens with two attached hydrogens (primary N) is 1. The van der Waals surface area contributed by atoms with Gasteiger partial charge in [0, 0.05) is 5.75 Å². The van der Waals surface area contributed by atoms with Gasteiger partial charge < -0.3 is 10.8 Å². The number of hydrogen-bond donors (Lipinski definition) is 2. The molecule has 8 heteroatoms. The number of sulfone groups is 1. The van der Waals surface area contributed by atoms with Crippen LogP contribution in [-0.4, -0.2) is 40.8 Å². The summed E-state index contributed by atoms with van der Waals surface area (Å²) < 4.78 is 23.6. The molecule has 0 aromatic carbocycles. The first-order chi connectivity index (χ1) is 7.37. The minimum absolute atomic E-state index is 0.0289. The summed E-state index contributed by atoms with van der Waals surface area (Å²) in [7, 11) is -3.11. The number of anilines is 1. The number of nitrogen functional groups attached to an aromatic ring is 1. The van der Waals surface area contributed by atoms with Gasteiger partial charge in [-0.25, -0.2) is 17.9 Å². The number of carboxylic acids is 1. The Hall–Kier alpha value is -1.57. The molecule has 1 aromatic rings. The fourth-order valence-corrected chi connectivity index (χ4v) is 1.85. The molecule has 1 rings (SSSR count). The Morgan fingerprint density at radius 2 is 2.25 bits per heavy atom. The van der Waals surface area contributed by atoms with Crippen LogP contribution in [0.15, 0.2) is 6.20 Å². The zero-order valence-corrected chi connectivity index (χ0v) is 9.57. The van der Waals surface area contributed by atoms with E-state index in [0.717, 1.165) is 6.20 Å². The van der Waals surface area contributed by atoms with E-state index < -0.39 is 15.8 Å². The van der Waals surface area contributed by atoms with Crippen LogP contribution in [0.1, 0.15) is 17.3 Å². The van der Waals surface area contributed by atoms with Crippen molar-refractivity contribution in [1.82, 2.24) is 9.78 Å². The van der Waals surface area contributed by atoms with E-state index in [1.54, 1.807) is 6.92 Å². The lowest BCUT2D eigenvalue weighted by Crippen LogP contribution is -2.17. The van der Waals surface area contributed by atoms with Gasteiger partial charge in [0.2, 0.25) is 0 Å². The molecule has 0 aliphatic rings. The average Bonchev–Trinajstić information content (AvgIpc) is 2.57. The average molecular weight is 247 g/mol. The molecule has 0 unspecified atom stereocenters. The van der Waals surface area contributed by atoms with Crippen LogP contribution in [0.3, 0.4) is 0 Å². The van der Waals surface area contributed by atoms with Crippen LogP contribution in [0.25, 0.3) is 0 Å². The lowest BCUT2D eigenvalue weighted by molar-refractivity contribution is 0.0698. The first-order valence-corrected chi connectivity index (χ1v) is 6.44. The van der Waals surface area contributed by atoms with Gasteiger partial charge in [0.25, 0.3) is 0 Å². The normalized spacial score (nSPS) is 11.6. The second kappa shape index (κ2) is 4.52. The summed E-state index contributed by atoms with van der Waals surface area (Å²) in [4.78, 5) is 10.6. The van der Waals surface area contributed by atoms with Crippen molar-refractivity contribution in [3.05, 3.63) is 11.8 Å². The molecular formula is C8H13N3O4S. The highest BCUT2D eigenvalue weighted by Gasteiger charge is 2.15. The monoisotopic (exact) mass is 247 g/mol. The predicted octanol–water partition coefficient (Wildman–Crippen LogP) is -0.402. The quantitative estimate of drug-likeness (QED) is 0.731. The van der Waals surface area contributed by atoms with E-state index in [4.69, 9.17) is 10.8 Å². The first kappa shape index (κ1) is 12.5. The number of aryl methyl sites for hydroxylation is 1. The third-order valence-electron chi connectivity index (χ3n) is 2.16. The molecule has 0 aliphatic heterocycles. The van der Waals surface area contributed by atoms with E-state index in [2.05, 4.69) is 5.10 Å². The molecule has 0 spiro atoms. The van der Waals surface area contributed by atoms with Crippen molar-refractivity contribution in [1.29, 1.82) is 0 Å². The summed E-state index contributed by atoms with van der Waals surface area (Å²) >= 11 is 0. The van der Waals surface area contributed by atoms with Gasteiger partial charge in [0.15, 0.2) is 9.84 Å². The van der Waals surface area contributed by atoms with Gasteiger partial charge in [-0.1, -0.05) is 6.92 Å². The van der Waals surface area contributed by atoms with Gasteiger partial charge in [-0.3, -0.25) is 0 Å². The molecule has 0 fully saturated rings. The molecule has 0 amide bonds. The highest BCUT2D eigenvalue weighted by atomic mass is 32.2. The summed E-state index contributed by atoms with van der Waals surface area (Å²) in [5.41, 5.74) is 5.38. The van der Waals surface area contributed by atoms with Crippen LogP contribution in [0, 0.1) is 0 Å². The SMILES string of the molecule is CCS(=O)(=O)CCn1ncc(C(=O)O)c1N. The molecular weight excluding hydrogens is 234 g/mol. The van der Waals surface area contributed by atoms with Gasteiger partial charge >= 0.3 is 5.97 Å². The largest absolute Gasteiger partial charge is 0.477 e. The number of carboxylic acid groups (broad SMARTS) is 1. The predicted molar refractivity (Wildman–Crippen MR) is 57.9 cm³/mol. The van der Waals surface area contributed by atoms with Crippen LogP contribution < -0.4 is 5.73 Å². The number of aromatic nitrogens is 2. The molecule has 0 radical (unpaired) electrons. The number of carbonyl (C=O) groups is 1. The van der Waals surface area contributed by atoms with Crippen molar-refractivity contribution in [2.24, 2.45) is 0 Å². The molecule has 7 nitrogen and oxygen atoms in total. The maximum Gasteiger partial charge on any atom is 0.341 e. The molecule has 90 valence electrons. The van der Waals surface area contributed by atoms with Crippen molar-refractivity contribution in [2.45, 2.75) is 13.5 Å². The summed E-state index contributed by atoms with van der Waals surface area (Å²) in [5, 5.41) is 12.4. The molecule has 0 saturated heterocycles. The van der Waals surface area contributed by atoms with E-state index in [-0.39, 0.29) is 29.4 Å². The van der Waals surface area contributed by atoms with E-state index in [1.807, 2.05) is 0 Å². The molecule has 1 aromatic heterocycles. The molecule has 0 atom stereocenters. The maximum absolute atomic E-state index is 11.2. The molecule has 0 saturated carbocycles. The number of rotatable bonds is 5. The third kappa shape index (κ3) is 2.72. The summed E-state index contributed by atoms with van der Waals surface area (Å²) in [6.07, 6.45) is 1.11. The van der Waals surface area contributed by atoms with Gasteiger partial charge in [-0.05, 0) is 0 Å². The van der Waals surface area contributed by atoms with E-state index in [0.29, 0.717) is 0 Å². The van der Waals surface area contributed by atoms with E-state index in [1.165, 1.54) is 4.68 Å². The second-order valence-corrected chi connectivity index (χ2v) is 5.68. The minimum Gasteiger partial charge on any atom is -0.477 e. The smallest absolute Gasteiger partial charge is 0.341 e. The lowest BCUT2D eigenvalue weighted by atomic mass is 10.3. The Morgan fingerprint density at radius 1 is 1.62 bits per heavy atom. The van der Waals surface area contributed by atoms with E-state index >= 15 is 0 Å². The van der Waals surface area contributed by atoms with Gasteiger partial charge in [0.1, 0.15) is 11.4 Å². The Balaban J connectivity index is 2.80. The summed E-state index contributed by atoms with van der Waals surface area (Å²) in [5.74, 6) is -1.27. The Morgan fingerprint density at radius 3 is 2.69 bits per heavy atom. The Labute approximate surface area is 92.8 Å². The number of nitrogens with zero attached hydrogens (tertiary/aromatic N) is 2. The van der Waals surface area contributed by atoms with Crippen molar-refractivity contribution in [3.8, 4) is 0 Å². The van der Waals surface area contributed by atoms with Gasteiger partial charge in [-0.2, -0.15) is 5.10 Å². The molecule has 0 bridgehead atoms. The van der Waals surface area contributed by atoms with Gasteiger partial charge in [0.05, 0.1) is 18.5 Å².